The average molecular weight is 161 g/mol. The normalized spacial score (nSPS) is 16.9. The van der Waals surface area contributed by atoms with Crippen molar-refractivity contribution in [1.29, 1.82) is 0 Å². The van der Waals surface area contributed by atoms with E-state index in [2.05, 4.69) is 19.2 Å². The number of nitrogens with one attached hydrogen (secondary N) is 1. The SMILES string of the molecule is CC(C)CCNC(C)[C@@H](C)F. The summed E-state index contributed by atoms with van der Waals surface area (Å²) in [6, 6.07) is -0.00579. The number of halogens is 1. The zero-order chi connectivity index (χ0) is 8.85. The lowest BCUT2D eigenvalue weighted by molar-refractivity contribution is 0.279. The van der Waals surface area contributed by atoms with Crippen molar-refractivity contribution in [1.82, 2.24) is 5.32 Å². The topological polar surface area (TPSA) is 12.0 Å². The quantitative estimate of drug-likeness (QED) is 0.652. The third-order valence-electron chi connectivity index (χ3n) is 1.88. The van der Waals surface area contributed by atoms with Crippen molar-refractivity contribution in [3.63, 3.8) is 0 Å². The Bertz CT molecular complexity index is 91.6. The summed E-state index contributed by atoms with van der Waals surface area (Å²) < 4.78 is 12.6. The molecule has 0 heterocycles. The molecule has 68 valence electrons. The molecule has 0 saturated heterocycles. The van der Waals surface area contributed by atoms with Crippen LogP contribution in [0.3, 0.4) is 0 Å². The molecule has 0 saturated carbocycles. The van der Waals surface area contributed by atoms with Crippen LogP contribution in [-0.2, 0) is 0 Å². The molecule has 0 aromatic rings. The van der Waals surface area contributed by atoms with Gasteiger partial charge >= 0.3 is 0 Å². The molecule has 0 aliphatic rings. The van der Waals surface area contributed by atoms with Gasteiger partial charge in [0.15, 0.2) is 0 Å². The molecule has 0 aromatic carbocycles. The van der Waals surface area contributed by atoms with E-state index in [0.29, 0.717) is 5.92 Å². The molecule has 0 radical (unpaired) electrons. The van der Waals surface area contributed by atoms with Gasteiger partial charge in [0.25, 0.3) is 0 Å². The zero-order valence-electron chi connectivity index (χ0n) is 8.02. The summed E-state index contributed by atoms with van der Waals surface area (Å²) in [5, 5.41) is 3.14. The van der Waals surface area contributed by atoms with E-state index < -0.39 is 6.17 Å². The lowest BCUT2D eigenvalue weighted by Crippen LogP contribution is -2.34. The maximum absolute atomic E-state index is 12.6. The number of hydrogen-bond acceptors (Lipinski definition) is 1. The van der Waals surface area contributed by atoms with Crippen LogP contribution in [0.25, 0.3) is 0 Å². The minimum Gasteiger partial charge on any atom is -0.311 e. The van der Waals surface area contributed by atoms with Gasteiger partial charge in [-0.3, -0.25) is 0 Å². The first-order chi connectivity index (χ1) is 5.04. The van der Waals surface area contributed by atoms with Crippen LogP contribution in [0.1, 0.15) is 34.1 Å². The summed E-state index contributed by atoms with van der Waals surface area (Å²) in [6.07, 6.45) is 0.374. The maximum atomic E-state index is 12.6. The van der Waals surface area contributed by atoms with Crippen molar-refractivity contribution in [2.24, 2.45) is 5.92 Å². The average Bonchev–Trinajstić information content (AvgIpc) is 1.86. The molecule has 0 rings (SSSR count). The second-order valence-electron chi connectivity index (χ2n) is 3.60. The van der Waals surface area contributed by atoms with Crippen molar-refractivity contribution < 1.29 is 4.39 Å². The van der Waals surface area contributed by atoms with Crippen LogP contribution in [0.5, 0.6) is 0 Å². The Kier molecular flexibility index (Phi) is 5.47. The van der Waals surface area contributed by atoms with Gasteiger partial charge in [0, 0.05) is 6.04 Å². The Morgan fingerprint density at radius 2 is 1.73 bits per heavy atom. The summed E-state index contributed by atoms with van der Waals surface area (Å²) in [5.41, 5.74) is 0. The van der Waals surface area contributed by atoms with E-state index in [0.717, 1.165) is 13.0 Å². The Morgan fingerprint density at radius 3 is 2.09 bits per heavy atom. The molecule has 2 atom stereocenters. The van der Waals surface area contributed by atoms with Crippen molar-refractivity contribution in [2.75, 3.05) is 6.54 Å². The highest BCUT2D eigenvalue weighted by molar-refractivity contribution is 4.66. The molecular formula is C9H20FN. The lowest BCUT2D eigenvalue weighted by atomic mass is 10.1. The van der Waals surface area contributed by atoms with E-state index in [1.165, 1.54) is 0 Å². The van der Waals surface area contributed by atoms with Gasteiger partial charge in [0.1, 0.15) is 6.17 Å². The Morgan fingerprint density at radius 1 is 1.18 bits per heavy atom. The fraction of sp³-hybridized carbons (Fsp3) is 1.00. The second kappa shape index (κ2) is 5.53. The van der Waals surface area contributed by atoms with Crippen molar-refractivity contribution in [3.05, 3.63) is 0 Å². The Balaban J connectivity index is 3.24. The van der Waals surface area contributed by atoms with Gasteiger partial charge in [-0.2, -0.15) is 0 Å². The number of hydrogen-bond donors (Lipinski definition) is 1. The largest absolute Gasteiger partial charge is 0.311 e. The Hall–Kier alpha value is -0.110. The molecular weight excluding hydrogens is 141 g/mol. The summed E-state index contributed by atoms with van der Waals surface area (Å²) >= 11 is 0. The van der Waals surface area contributed by atoms with Gasteiger partial charge in [-0.25, -0.2) is 4.39 Å². The van der Waals surface area contributed by atoms with Crippen molar-refractivity contribution >= 4 is 0 Å². The van der Waals surface area contributed by atoms with Gasteiger partial charge in [-0.15, -0.1) is 0 Å². The van der Waals surface area contributed by atoms with E-state index in [-0.39, 0.29) is 6.04 Å². The van der Waals surface area contributed by atoms with Crippen LogP contribution in [0.4, 0.5) is 4.39 Å². The van der Waals surface area contributed by atoms with Crippen LogP contribution in [-0.4, -0.2) is 18.8 Å². The van der Waals surface area contributed by atoms with Gasteiger partial charge in [0.05, 0.1) is 0 Å². The third kappa shape index (κ3) is 6.29. The van der Waals surface area contributed by atoms with Gasteiger partial charge < -0.3 is 5.32 Å². The smallest absolute Gasteiger partial charge is 0.112 e. The lowest BCUT2D eigenvalue weighted by Gasteiger charge is -2.15. The Labute approximate surface area is 69.4 Å². The highest BCUT2D eigenvalue weighted by Crippen LogP contribution is 2.00. The molecule has 1 unspecified atom stereocenters. The maximum Gasteiger partial charge on any atom is 0.112 e. The number of rotatable bonds is 5. The monoisotopic (exact) mass is 161 g/mol. The first kappa shape index (κ1) is 10.9. The summed E-state index contributed by atoms with van der Waals surface area (Å²) in [4.78, 5) is 0. The van der Waals surface area contributed by atoms with Crippen molar-refractivity contribution in [3.8, 4) is 0 Å². The van der Waals surface area contributed by atoms with E-state index in [4.69, 9.17) is 0 Å². The predicted molar refractivity (Wildman–Crippen MR) is 47.5 cm³/mol. The highest BCUT2D eigenvalue weighted by atomic mass is 19.1. The summed E-state index contributed by atoms with van der Waals surface area (Å²) in [6.45, 7) is 8.74. The molecule has 0 bridgehead atoms. The molecule has 0 aromatic heterocycles. The fourth-order valence-corrected chi connectivity index (χ4v) is 0.762. The van der Waals surface area contributed by atoms with E-state index in [9.17, 15) is 4.39 Å². The molecule has 1 N–H and O–H groups in total. The van der Waals surface area contributed by atoms with Crippen LogP contribution in [0, 0.1) is 5.92 Å². The second-order valence-corrected chi connectivity index (χ2v) is 3.60. The van der Waals surface area contributed by atoms with Crippen LogP contribution < -0.4 is 5.32 Å². The van der Waals surface area contributed by atoms with E-state index >= 15 is 0 Å². The fourth-order valence-electron chi connectivity index (χ4n) is 0.762. The molecule has 0 spiro atoms. The minimum absolute atomic E-state index is 0.00579. The highest BCUT2D eigenvalue weighted by Gasteiger charge is 2.08. The first-order valence-electron chi connectivity index (χ1n) is 4.41. The molecule has 0 fully saturated rings. The van der Waals surface area contributed by atoms with E-state index in [1.807, 2.05) is 6.92 Å². The van der Waals surface area contributed by atoms with Gasteiger partial charge in [-0.05, 0) is 32.7 Å². The number of alkyl halides is 1. The van der Waals surface area contributed by atoms with Crippen LogP contribution in [0.2, 0.25) is 0 Å². The predicted octanol–water partition coefficient (Wildman–Crippen LogP) is 2.37. The summed E-state index contributed by atoms with van der Waals surface area (Å²) in [5.74, 6) is 0.699. The molecule has 2 heteroatoms. The molecule has 0 aliphatic heterocycles. The van der Waals surface area contributed by atoms with E-state index in [1.54, 1.807) is 6.92 Å². The van der Waals surface area contributed by atoms with Crippen LogP contribution in [0.15, 0.2) is 0 Å². The molecule has 11 heavy (non-hydrogen) atoms. The standard InChI is InChI=1S/C9H20FN/c1-7(2)5-6-11-9(4)8(3)10/h7-9,11H,5-6H2,1-4H3/t8-,9?/m1/s1. The molecule has 1 nitrogen and oxygen atoms in total. The van der Waals surface area contributed by atoms with Crippen molar-refractivity contribution in [2.45, 2.75) is 46.3 Å². The zero-order valence-corrected chi connectivity index (χ0v) is 8.02. The molecule has 0 aliphatic carbocycles. The van der Waals surface area contributed by atoms with Crippen LogP contribution >= 0.6 is 0 Å². The minimum atomic E-state index is -0.748. The van der Waals surface area contributed by atoms with Gasteiger partial charge in [0.2, 0.25) is 0 Å². The first-order valence-corrected chi connectivity index (χ1v) is 4.41. The third-order valence-corrected chi connectivity index (χ3v) is 1.88. The molecule has 0 amide bonds. The van der Waals surface area contributed by atoms with Gasteiger partial charge in [-0.1, -0.05) is 13.8 Å². The summed E-state index contributed by atoms with van der Waals surface area (Å²) in [7, 11) is 0.